The van der Waals surface area contributed by atoms with Crippen LogP contribution in [0.3, 0.4) is 0 Å². The first-order valence-electron chi connectivity index (χ1n) is 37.6. The minimum atomic E-state index is -2.00. The molecule has 0 aromatic heterocycles. The second-order valence-electron chi connectivity index (χ2n) is 26.0. The van der Waals surface area contributed by atoms with Gasteiger partial charge in [-0.05, 0) is 109 Å². The van der Waals surface area contributed by atoms with Gasteiger partial charge in [-0.25, -0.2) is 0 Å². The number of allylic oxidation sites excluding steroid dienone is 23. The van der Waals surface area contributed by atoms with Crippen molar-refractivity contribution >= 4 is 5.91 Å². The zero-order chi connectivity index (χ0) is 71.8. The molecule has 0 radical (unpaired) electrons. The van der Waals surface area contributed by atoms with Crippen LogP contribution in [0.4, 0.5) is 0 Å². The monoisotopic (exact) mass is 1390 g/mol. The Morgan fingerprint density at radius 1 is 0.374 bits per heavy atom. The average Bonchev–Trinajstić information content (AvgIpc) is 0.785. The van der Waals surface area contributed by atoms with Gasteiger partial charge in [-0.15, -0.1) is 0 Å². The van der Waals surface area contributed by atoms with Crippen LogP contribution in [-0.2, 0) is 33.2 Å². The van der Waals surface area contributed by atoms with Gasteiger partial charge in [0.15, 0.2) is 18.9 Å². The van der Waals surface area contributed by atoms with Crippen molar-refractivity contribution in [3.63, 3.8) is 0 Å². The lowest BCUT2D eigenvalue weighted by Gasteiger charge is -2.48. The number of nitrogens with one attached hydrogen (secondary N) is 1. The molecule has 3 aliphatic rings. The van der Waals surface area contributed by atoms with E-state index in [9.17, 15) is 61.0 Å². The molecule has 0 aromatic carbocycles. The summed E-state index contributed by atoms with van der Waals surface area (Å²) < 4.78 is 34.3. The van der Waals surface area contributed by atoms with E-state index in [-0.39, 0.29) is 12.3 Å². The van der Waals surface area contributed by atoms with Gasteiger partial charge in [-0.3, -0.25) is 4.79 Å². The van der Waals surface area contributed by atoms with Crippen molar-refractivity contribution in [3.05, 3.63) is 146 Å². The number of aliphatic hydroxyl groups is 11. The van der Waals surface area contributed by atoms with Crippen molar-refractivity contribution in [2.45, 2.75) is 324 Å². The first-order chi connectivity index (χ1) is 48.3. The number of carbonyl (C=O) groups is 1. The van der Waals surface area contributed by atoms with Gasteiger partial charge in [-0.2, -0.15) is 0 Å². The highest BCUT2D eigenvalue weighted by Crippen LogP contribution is 2.33. The third-order valence-electron chi connectivity index (χ3n) is 17.6. The fourth-order valence-corrected chi connectivity index (χ4v) is 11.6. The molecule has 3 rings (SSSR count). The molecule has 19 heteroatoms. The van der Waals surface area contributed by atoms with Crippen molar-refractivity contribution in [2.75, 3.05) is 26.4 Å². The molecular weight excluding hydrogens is 1260 g/mol. The van der Waals surface area contributed by atoms with Gasteiger partial charge in [0, 0.05) is 6.42 Å². The molecule has 0 spiro atoms. The fourth-order valence-electron chi connectivity index (χ4n) is 11.6. The Hall–Kier alpha value is -4.33. The molecule has 3 fully saturated rings. The number of rotatable bonds is 56. The summed E-state index contributed by atoms with van der Waals surface area (Å²) in [7, 11) is 0. The molecule has 17 unspecified atom stereocenters. The summed E-state index contributed by atoms with van der Waals surface area (Å²) in [5.41, 5.74) is 0. The Bertz CT molecular complexity index is 2360. The summed E-state index contributed by atoms with van der Waals surface area (Å²) in [6, 6.07) is -1.04. The maximum absolute atomic E-state index is 13.4. The summed E-state index contributed by atoms with van der Waals surface area (Å²) in [6.45, 7) is 1.54. The summed E-state index contributed by atoms with van der Waals surface area (Å²) in [5, 5.41) is 121. The normalized spacial score (nSPS) is 27.5. The van der Waals surface area contributed by atoms with Gasteiger partial charge in [0.2, 0.25) is 5.91 Å². The number of carbonyl (C=O) groups excluding carboxylic acids is 1. The first kappa shape index (κ1) is 88.9. The van der Waals surface area contributed by atoms with Crippen LogP contribution in [-0.4, -0.2) is 193 Å². The van der Waals surface area contributed by atoms with Crippen molar-refractivity contribution in [3.8, 4) is 0 Å². The largest absolute Gasteiger partial charge is 0.394 e. The first-order valence-corrected chi connectivity index (χ1v) is 37.6. The van der Waals surface area contributed by atoms with Crippen LogP contribution in [0.25, 0.3) is 0 Å². The Labute approximate surface area is 593 Å². The molecule has 12 N–H and O–H groups in total. The van der Waals surface area contributed by atoms with E-state index in [1.165, 1.54) is 96.3 Å². The molecule has 0 saturated carbocycles. The fraction of sp³-hybridized carbons (Fsp3) is 0.688. The number of hydrogen-bond acceptors (Lipinski definition) is 18. The number of hydrogen-bond donors (Lipinski definition) is 12. The van der Waals surface area contributed by atoms with Gasteiger partial charge >= 0.3 is 0 Å². The van der Waals surface area contributed by atoms with Crippen LogP contribution in [0.15, 0.2) is 146 Å². The number of unbranched alkanes of at least 4 members (excludes halogenated alkanes) is 18. The van der Waals surface area contributed by atoms with E-state index in [0.29, 0.717) is 19.3 Å². The minimum Gasteiger partial charge on any atom is -0.394 e. The smallest absolute Gasteiger partial charge is 0.220 e. The second-order valence-corrected chi connectivity index (χ2v) is 26.0. The molecule has 19 nitrogen and oxygen atoms in total. The zero-order valence-corrected chi connectivity index (χ0v) is 59.9. The van der Waals surface area contributed by atoms with Gasteiger partial charge in [0.25, 0.3) is 0 Å². The molecule has 0 bridgehead atoms. The summed E-state index contributed by atoms with van der Waals surface area (Å²) in [6.07, 6.45) is 58.3. The molecule has 17 atom stereocenters. The molecule has 99 heavy (non-hydrogen) atoms. The van der Waals surface area contributed by atoms with Crippen molar-refractivity contribution in [1.29, 1.82) is 0 Å². The third-order valence-corrected chi connectivity index (χ3v) is 17.6. The predicted octanol–water partition coefficient (Wildman–Crippen LogP) is 11.5. The predicted molar refractivity (Wildman–Crippen MR) is 392 cm³/mol. The van der Waals surface area contributed by atoms with Crippen LogP contribution in [0.2, 0.25) is 0 Å². The minimum absolute atomic E-state index is 0.141. The Kier molecular flexibility index (Phi) is 53.1. The summed E-state index contributed by atoms with van der Waals surface area (Å²) in [5.74, 6) is -0.353. The topological polar surface area (TPSA) is 307 Å². The highest BCUT2D eigenvalue weighted by molar-refractivity contribution is 5.76. The number of ether oxygens (including phenoxy) is 6. The maximum Gasteiger partial charge on any atom is 0.220 e. The molecule has 0 aromatic rings. The number of aliphatic hydroxyl groups excluding tert-OH is 11. The number of amides is 1. The lowest BCUT2D eigenvalue weighted by atomic mass is 9.96. The third kappa shape index (κ3) is 39.8. The van der Waals surface area contributed by atoms with E-state index in [0.717, 1.165) is 83.5 Å². The van der Waals surface area contributed by atoms with Gasteiger partial charge in [-0.1, -0.05) is 250 Å². The standard InChI is InChI=1S/C80H131NO18/c1-3-5-7-9-11-13-15-17-19-21-23-25-27-29-30-31-32-34-36-38-40-42-44-46-48-50-52-54-56-58-68(86)81-63(64(85)57-55-53-51-49-47-45-43-41-39-37-35-33-28-26-24-22-20-18-16-14-12-10-8-6-4-2)62-94-78-74(92)71(89)76(66(60-83)96-78)99-80-75(93)72(90)77(67(61-84)97-80)98-79-73(91)70(88)69(87)65(59-82)95-79/h5,7,11,13,17,19,23,25,29-30,32,34,38-41,44,46-47,49-50,52,55,57,63-67,69-80,82-85,87-93H,3-4,6,8-10,12,14-16,18,20-22,24,26-28,31,33,35-37,42-43,45,48,51,53-54,56,58-62H2,1-2H3,(H,81,86)/b7-5-,13-11-,19-17-,25-23-,30-29-,34-32-,40-38-,41-39+,46-44-,49-47+,52-50-,57-55+. The molecular formula is C80H131NO18. The van der Waals surface area contributed by atoms with Crippen LogP contribution in [0.5, 0.6) is 0 Å². The highest BCUT2D eigenvalue weighted by atomic mass is 16.8. The molecule has 3 heterocycles. The van der Waals surface area contributed by atoms with Gasteiger partial charge < -0.3 is 89.9 Å². The molecule has 1 amide bonds. The van der Waals surface area contributed by atoms with E-state index in [4.69, 9.17) is 28.4 Å². The van der Waals surface area contributed by atoms with Crippen molar-refractivity contribution in [2.24, 2.45) is 0 Å². The van der Waals surface area contributed by atoms with Crippen LogP contribution in [0, 0.1) is 0 Å². The molecule has 3 aliphatic heterocycles. The van der Waals surface area contributed by atoms with E-state index in [1.54, 1.807) is 6.08 Å². The van der Waals surface area contributed by atoms with Crippen molar-refractivity contribution in [1.82, 2.24) is 5.32 Å². The van der Waals surface area contributed by atoms with E-state index in [1.807, 2.05) is 12.2 Å². The zero-order valence-electron chi connectivity index (χ0n) is 59.9. The average molecular weight is 1390 g/mol. The summed E-state index contributed by atoms with van der Waals surface area (Å²) >= 11 is 0. The highest BCUT2D eigenvalue weighted by Gasteiger charge is 2.53. The van der Waals surface area contributed by atoms with Crippen LogP contribution in [0.1, 0.15) is 219 Å². The Balaban J connectivity index is 1.46. The van der Waals surface area contributed by atoms with Gasteiger partial charge in [0.1, 0.15) is 73.2 Å². The molecule has 0 aliphatic carbocycles. The van der Waals surface area contributed by atoms with E-state index >= 15 is 0 Å². The van der Waals surface area contributed by atoms with Crippen LogP contribution >= 0.6 is 0 Å². The van der Waals surface area contributed by atoms with E-state index in [2.05, 4.69) is 147 Å². The maximum atomic E-state index is 13.4. The quantitative estimate of drug-likeness (QED) is 0.0199. The van der Waals surface area contributed by atoms with E-state index < -0.39 is 131 Å². The molecule has 3 saturated heterocycles. The SMILES string of the molecule is CC/C=C\C/C=C\C/C=C\C/C=C\C/C=C\C/C=C\C/C=C\C/C=C\C/C=C\CCCC(=O)NC(COC1OC(CO)C(OC2OC(CO)C(OC3OC(CO)C(O)C(O)C3O)C(O)C2O)C(O)C1O)C(O)/C=C/CC/C=C/CC/C=C/CCCCCCCCCCCCCCCCC. The van der Waals surface area contributed by atoms with Crippen molar-refractivity contribution < 1.29 is 89.4 Å². The molecule has 564 valence electrons. The van der Waals surface area contributed by atoms with Crippen LogP contribution < -0.4 is 5.32 Å². The lowest BCUT2D eigenvalue weighted by molar-refractivity contribution is -0.379. The Morgan fingerprint density at radius 2 is 0.707 bits per heavy atom. The second kappa shape index (κ2) is 59.1. The van der Waals surface area contributed by atoms with Gasteiger partial charge in [0.05, 0.1) is 38.6 Å². The summed E-state index contributed by atoms with van der Waals surface area (Å²) in [4.78, 5) is 13.4. The Morgan fingerprint density at radius 3 is 1.13 bits per heavy atom. The lowest BCUT2D eigenvalue weighted by Crippen LogP contribution is -2.66.